The number of aryl methyl sites for hydroxylation is 1. The Morgan fingerprint density at radius 3 is 3.10 bits per heavy atom. The third-order valence-corrected chi connectivity index (χ3v) is 3.93. The normalized spacial score (nSPS) is 26.1. The number of nitrogens with one attached hydrogen (secondary N) is 1. The van der Waals surface area contributed by atoms with Crippen molar-refractivity contribution in [2.24, 2.45) is 12.5 Å². The van der Waals surface area contributed by atoms with Crippen LogP contribution in [0, 0.1) is 16.7 Å². The molecule has 0 aromatic carbocycles. The fourth-order valence-corrected chi connectivity index (χ4v) is 2.46. The predicted molar refractivity (Wildman–Crippen MR) is 72.3 cm³/mol. The maximum atomic E-state index is 12.0. The van der Waals surface area contributed by atoms with Crippen LogP contribution < -0.4 is 10.1 Å². The van der Waals surface area contributed by atoms with Crippen LogP contribution in [0.15, 0.2) is 12.4 Å². The molecular weight excluding hydrogens is 272 g/mol. The van der Waals surface area contributed by atoms with E-state index in [1.165, 1.54) is 0 Å². The summed E-state index contributed by atoms with van der Waals surface area (Å²) in [5, 5.41) is 16.0. The topological polar surface area (TPSA) is 89.2 Å². The average molecular weight is 290 g/mol. The summed E-state index contributed by atoms with van der Waals surface area (Å²) in [4.78, 5) is 12.0. The minimum Gasteiger partial charge on any atom is -0.482 e. The van der Waals surface area contributed by atoms with Gasteiger partial charge in [-0.2, -0.15) is 10.4 Å². The summed E-state index contributed by atoms with van der Waals surface area (Å²) in [6, 6.07) is 2.04. The molecule has 3 rings (SSSR count). The van der Waals surface area contributed by atoms with Gasteiger partial charge in [-0.1, -0.05) is 0 Å². The van der Waals surface area contributed by atoms with Crippen molar-refractivity contribution in [3.8, 4) is 11.8 Å². The number of nitrogens with zero attached hydrogens (tertiary/aromatic N) is 3. The van der Waals surface area contributed by atoms with Gasteiger partial charge in [-0.15, -0.1) is 0 Å². The van der Waals surface area contributed by atoms with E-state index in [-0.39, 0.29) is 24.5 Å². The fraction of sp³-hybridized carbons (Fsp3) is 0.643. The monoisotopic (exact) mass is 290 g/mol. The summed E-state index contributed by atoms with van der Waals surface area (Å²) in [7, 11) is 1.81. The van der Waals surface area contributed by atoms with Gasteiger partial charge < -0.3 is 14.8 Å². The number of carbonyl (C=O) groups is 1. The lowest BCUT2D eigenvalue weighted by Gasteiger charge is -2.20. The minimum absolute atomic E-state index is 0.107. The predicted octanol–water partition coefficient (Wildman–Crippen LogP) is 0.376. The van der Waals surface area contributed by atoms with Gasteiger partial charge in [-0.3, -0.25) is 9.48 Å². The lowest BCUT2D eigenvalue weighted by Crippen LogP contribution is -2.45. The highest BCUT2D eigenvalue weighted by Gasteiger charge is 2.45. The number of hydrogen-bond donors (Lipinski definition) is 1. The first-order valence-electron chi connectivity index (χ1n) is 7.04. The molecule has 1 N–H and O–H groups in total. The lowest BCUT2D eigenvalue weighted by atomic mass is 10.0. The molecule has 0 unspecified atom stereocenters. The Labute approximate surface area is 122 Å². The van der Waals surface area contributed by atoms with Crippen molar-refractivity contribution in [2.75, 3.05) is 13.2 Å². The SMILES string of the molecule is Cn1cc(O[C@@H]2COC[C@@H]2NC(=O)CC2(C#N)CC2)cn1. The number of rotatable bonds is 5. The molecular formula is C14H18N4O3. The summed E-state index contributed by atoms with van der Waals surface area (Å²) < 4.78 is 12.8. The fourth-order valence-electron chi connectivity index (χ4n) is 2.46. The molecule has 1 aromatic heterocycles. The minimum atomic E-state index is -0.427. The molecule has 0 bridgehead atoms. The van der Waals surface area contributed by atoms with Crippen LogP contribution in [-0.4, -0.2) is 41.0 Å². The highest BCUT2D eigenvalue weighted by atomic mass is 16.5. The van der Waals surface area contributed by atoms with Crippen LogP contribution in [0.5, 0.6) is 5.75 Å². The number of carbonyl (C=O) groups excluding carboxylic acids is 1. The Balaban J connectivity index is 1.54. The molecule has 2 heterocycles. The van der Waals surface area contributed by atoms with E-state index in [1.54, 1.807) is 17.1 Å². The van der Waals surface area contributed by atoms with E-state index in [2.05, 4.69) is 16.5 Å². The first kappa shape index (κ1) is 13.9. The molecule has 2 aliphatic rings. The first-order chi connectivity index (χ1) is 10.1. The Hall–Kier alpha value is -2.07. The van der Waals surface area contributed by atoms with E-state index < -0.39 is 5.41 Å². The second-order valence-electron chi connectivity index (χ2n) is 5.79. The molecule has 2 fully saturated rings. The van der Waals surface area contributed by atoms with E-state index in [4.69, 9.17) is 14.7 Å². The third-order valence-electron chi connectivity index (χ3n) is 3.93. The van der Waals surface area contributed by atoms with Crippen LogP contribution in [0.2, 0.25) is 0 Å². The van der Waals surface area contributed by atoms with Gasteiger partial charge in [0.05, 0.1) is 43.1 Å². The van der Waals surface area contributed by atoms with E-state index in [1.807, 2.05) is 7.05 Å². The molecule has 0 spiro atoms. The van der Waals surface area contributed by atoms with Crippen LogP contribution in [0.3, 0.4) is 0 Å². The van der Waals surface area contributed by atoms with E-state index in [9.17, 15) is 4.79 Å². The maximum absolute atomic E-state index is 12.0. The van der Waals surface area contributed by atoms with Crippen LogP contribution in [0.1, 0.15) is 19.3 Å². The Kier molecular flexibility index (Phi) is 3.55. The number of hydrogen-bond acceptors (Lipinski definition) is 5. The molecule has 1 amide bonds. The van der Waals surface area contributed by atoms with E-state index in [0.29, 0.717) is 19.0 Å². The summed E-state index contributed by atoms with van der Waals surface area (Å²) in [5.41, 5.74) is -0.427. The van der Waals surface area contributed by atoms with Gasteiger partial charge in [-0.05, 0) is 12.8 Å². The molecule has 7 heteroatoms. The van der Waals surface area contributed by atoms with Gasteiger partial charge >= 0.3 is 0 Å². The highest BCUT2D eigenvalue weighted by Crippen LogP contribution is 2.47. The van der Waals surface area contributed by atoms with Crippen LogP contribution >= 0.6 is 0 Å². The standard InChI is InChI=1S/C14H18N4O3/c1-18-6-10(5-16-18)21-12-8-20-7-11(12)17-13(19)4-14(9-15)2-3-14/h5-6,11-12H,2-4,7-8H2,1H3,(H,17,19)/t11-,12+/m0/s1. The van der Waals surface area contributed by atoms with Gasteiger partial charge in [0.25, 0.3) is 0 Å². The number of nitriles is 1. The van der Waals surface area contributed by atoms with Crippen molar-refractivity contribution in [3.05, 3.63) is 12.4 Å². The smallest absolute Gasteiger partial charge is 0.222 e. The second kappa shape index (κ2) is 5.37. The zero-order valence-electron chi connectivity index (χ0n) is 11.9. The van der Waals surface area contributed by atoms with Crippen molar-refractivity contribution in [1.29, 1.82) is 5.26 Å². The Morgan fingerprint density at radius 2 is 2.48 bits per heavy atom. The van der Waals surface area contributed by atoms with Crippen molar-refractivity contribution in [3.63, 3.8) is 0 Å². The quantitative estimate of drug-likeness (QED) is 0.846. The zero-order chi connectivity index (χ0) is 14.9. The molecule has 2 atom stereocenters. The van der Waals surface area contributed by atoms with Gasteiger partial charge in [0, 0.05) is 13.5 Å². The Morgan fingerprint density at radius 1 is 1.67 bits per heavy atom. The van der Waals surface area contributed by atoms with Crippen molar-refractivity contribution < 1.29 is 14.3 Å². The number of amides is 1. The molecule has 1 saturated heterocycles. The molecule has 112 valence electrons. The zero-order valence-corrected chi connectivity index (χ0v) is 11.9. The maximum Gasteiger partial charge on any atom is 0.222 e. The molecule has 21 heavy (non-hydrogen) atoms. The van der Waals surface area contributed by atoms with Crippen molar-refractivity contribution >= 4 is 5.91 Å². The molecule has 1 aliphatic carbocycles. The summed E-state index contributed by atoms with van der Waals surface area (Å²) in [6.07, 6.45) is 5.06. The third kappa shape index (κ3) is 3.16. The van der Waals surface area contributed by atoms with E-state index >= 15 is 0 Å². The van der Waals surface area contributed by atoms with Crippen molar-refractivity contribution in [2.45, 2.75) is 31.4 Å². The van der Waals surface area contributed by atoms with Gasteiger partial charge in [0.2, 0.25) is 5.91 Å². The molecule has 1 aromatic rings. The number of aromatic nitrogens is 2. The molecule has 1 aliphatic heterocycles. The second-order valence-corrected chi connectivity index (χ2v) is 5.79. The van der Waals surface area contributed by atoms with Crippen LogP contribution in [0.4, 0.5) is 0 Å². The van der Waals surface area contributed by atoms with E-state index in [0.717, 1.165) is 12.8 Å². The molecule has 0 radical (unpaired) electrons. The largest absolute Gasteiger partial charge is 0.482 e. The van der Waals surface area contributed by atoms with Gasteiger partial charge in [0.15, 0.2) is 5.75 Å². The molecule has 7 nitrogen and oxygen atoms in total. The summed E-state index contributed by atoms with van der Waals surface area (Å²) >= 11 is 0. The summed E-state index contributed by atoms with van der Waals surface area (Å²) in [5.74, 6) is 0.548. The first-order valence-corrected chi connectivity index (χ1v) is 7.04. The number of ether oxygens (including phenoxy) is 2. The van der Waals surface area contributed by atoms with Crippen LogP contribution in [0.25, 0.3) is 0 Å². The average Bonchev–Trinajstić information content (AvgIpc) is 2.89. The highest BCUT2D eigenvalue weighted by molar-refractivity contribution is 5.78. The summed E-state index contributed by atoms with van der Waals surface area (Å²) in [6.45, 7) is 0.861. The Bertz CT molecular complexity index is 573. The van der Waals surface area contributed by atoms with Gasteiger partial charge in [-0.25, -0.2) is 0 Å². The van der Waals surface area contributed by atoms with Crippen molar-refractivity contribution in [1.82, 2.24) is 15.1 Å². The molecule has 1 saturated carbocycles. The van der Waals surface area contributed by atoms with Gasteiger partial charge in [0.1, 0.15) is 6.10 Å². The van der Waals surface area contributed by atoms with Crippen LogP contribution in [-0.2, 0) is 16.6 Å². The lowest BCUT2D eigenvalue weighted by molar-refractivity contribution is -0.123.